The van der Waals surface area contributed by atoms with Gasteiger partial charge in [0.25, 0.3) is 0 Å². The first-order valence-electron chi connectivity index (χ1n) is 9.07. The number of anilines is 1. The molecular weight excluding hydrogens is 380 g/mol. The minimum Gasteiger partial charge on any atom is -0.444 e. The molecule has 3 heterocycles. The fraction of sp³-hybridized carbons (Fsp3) is 0.611. The maximum absolute atomic E-state index is 12.5. The summed E-state index contributed by atoms with van der Waals surface area (Å²) in [6.07, 6.45) is 0.479. The van der Waals surface area contributed by atoms with Gasteiger partial charge in [-0.1, -0.05) is 5.11 Å². The van der Waals surface area contributed by atoms with Gasteiger partial charge in [0.05, 0.1) is 12.1 Å². The van der Waals surface area contributed by atoms with Crippen LogP contribution in [0.3, 0.4) is 0 Å². The van der Waals surface area contributed by atoms with Crippen LogP contribution in [0.15, 0.2) is 5.11 Å². The van der Waals surface area contributed by atoms with Crippen LogP contribution in [0.25, 0.3) is 10.4 Å². The number of nitriles is 1. The molecule has 148 valence electrons. The maximum Gasteiger partial charge on any atom is 0.410 e. The summed E-state index contributed by atoms with van der Waals surface area (Å²) in [5, 5.41) is 13.9. The van der Waals surface area contributed by atoms with Crippen LogP contribution in [0.2, 0.25) is 0 Å². The van der Waals surface area contributed by atoms with Gasteiger partial charge in [-0.05, 0) is 44.2 Å². The van der Waals surface area contributed by atoms with E-state index in [9.17, 15) is 14.9 Å². The molecule has 9 nitrogen and oxygen atoms in total. The highest BCUT2D eigenvalue weighted by Gasteiger charge is 2.36. The number of hydrogen-bond acceptors (Lipinski definition) is 6. The van der Waals surface area contributed by atoms with Crippen LogP contribution in [-0.2, 0) is 22.5 Å². The molecule has 0 N–H and O–H groups in total. The van der Waals surface area contributed by atoms with Gasteiger partial charge < -0.3 is 14.5 Å². The molecule has 3 rings (SSSR count). The summed E-state index contributed by atoms with van der Waals surface area (Å²) in [6.45, 7) is 7.00. The Bertz CT molecular complexity index is 890. The number of amides is 2. The predicted octanol–water partition coefficient (Wildman–Crippen LogP) is 3.58. The van der Waals surface area contributed by atoms with E-state index in [0.717, 1.165) is 10.4 Å². The third-order valence-electron chi connectivity index (χ3n) is 4.66. The number of azide groups is 1. The van der Waals surface area contributed by atoms with Gasteiger partial charge in [0.2, 0.25) is 5.91 Å². The number of carbonyl (C=O) groups excluding carboxylic acids is 2. The Balaban J connectivity index is 1.82. The largest absolute Gasteiger partial charge is 0.444 e. The van der Waals surface area contributed by atoms with E-state index in [1.807, 2.05) is 20.8 Å². The second-order valence-electron chi connectivity index (χ2n) is 7.94. The van der Waals surface area contributed by atoms with Gasteiger partial charge in [-0.2, -0.15) is 5.26 Å². The van der Waals surface area contributed by atoms with Crippen molar-refractivity contribution in [2.45, 2.75) is 45.8 Å². The minimum atomic E-state index is -0.571. The van der Waals surface area contributed by atoms with E-state index in [-0.39, 0.29) is 24.5 Å². The lowest BCUT2D eigenvalue weighted by Crippen LogP contribution is -2.39. The number of rotatable bonds is 3. The molecule has 1 fully saturated rings. The van der Waals surface area contributed by atoms with Gasteiger partial charge in [0.15, 0.2) is 0 Å². The topological polar surface area (TPSA) is 122 Å². The first kappa shape index (κ1) is 20.0. The van der Waals surface area contributed by atoms with E-state index in [1.54, 1.807) is 9.80 Å². The Labute approximate surface area is 167 Å². The first-order valence-corrected chi connectivity index (χ1v) is 9.89. The summed E-state index contributed by atoms with van der Waals surface area (Å²) in [5.41, 5.74) is 9.34. The number of nitrogens with zero attached hydrogens (tertiary/aromatic N) is 6. The fourth-order valence-electron chi connectivity index (χ4n) is 3.43. The molecule has 0 aromatic carbocycles. The molecule has 2 aliphatic heterocycles. The van der Waals surface area contributed by atoms with E-state index in [0.29, 0.717) is 43.0 Å². The maximum atomic E-state index is 12.5. The Hall–Kier alpha value is -2.76. The number of fused-ring (bicyclic) bond motifs is 1. The summed E-state index contributed by atoms with van der Waals surface area (Å²) in [4.78, 5) is 31.8. The number of hydrogen-bond donors (Lipinski definition) is 0. The Kier molecular flexibility index (Phi) is 5.49. The second kappa shape index (κ2) is 7.70. The zero-order valence-electron chi connectivity index (χ0n) is 16.1. The summed E-state index contributed by atoms with van der Waals surface area (Å²) in [7, 11) is 0. The molecule has 0 spiro atoms. The average Bonchev–Trinajstić information content (AvgIpc) is 3.17. The molecule has 2 amide bonds. The van der Waals surface area contributed by atoms with Gasteiger partial charge in [0, 0.05) is 35.8 Å². The summed E-state index contributed by atoms with van der Waals surface area (Å²) in [5.74, 6) is -0.121. The van der Waals surface area contributed by atoms with Crippen molar-refractivity contribution in [2.24, 2.45) is 11.0 Å². The van der Waals surface area contributed by atoms with Crippen molar-refractivity contribution in [2.75, 3.05) is 24.5 Å². The Morgan fingerprint density at radius 1 is 1.50 bits per heavy atom. The molecule has 1 aromatic rings. The number of thiophene rings is 1. The molecular formula is C18H22N6O3S. The summed E-state index contributed by atoms with van der Waals surface area (Å²) in [6, 6.07) is 2.24. The summed E-state index contributed by atoms with van der Waals surface area (Å²) >= 11 is 1.38. The average molecular weight is 402 g/mol. The van der Waals surface area contributed by atoms with Crippen molar-refractivity contribution in [3.05, 3.63) is 26.4 Å². The normalized spacial score (nSPS) is 19.1. The van der Waals surface area contributed by atoms with Crippen LogP contribution in [0.1, 0.15) is 43.2 Å². The lowest BCUT2D eigenvalue weighted by molar-refractivity contribution is -0.117. The van der Waals surface area contributed by atoms with Crippen molar-refractivity contribution < 1.29 is 14.3 Å². The van der Waals surface area contributed by atoms with E-state index >= 15 is 0 Å². The van der Waals surface area contributed by atoms with Crippen molar-refractivity contribution >= 4 is 28.3 Å². The Morgan fingerprint density at radius 2 is 2.25 bits per heavy atom. The molecule has 1 atom stereocenters. The van der Waals surface area contributed by atoms with E-state index in [2.05, 4.69) is 16.1 Å². The SMILES string of the molecule is CC(C)(C)OC(=O)N1CCc2c(sc(N3CC(CN=[N+]=[N-])CC3=O)c2C#N)C1. The van der Waals surface area contributed by atoms with Gasteiger partial charge in [-0.3, -0.25) is 4.79 Å². The fourth-order valence-corrected chi connectivity index (χ4v) is 4.77. The molecule has 28 heavy (non-hydrogen) atoms. The highest BCUT2D eigenvalue weighted by atomic mass is 32.1. The molecule has 1 aromatic heterocycles. The zero-order valence-corrected chi connectivity index (χ0v) is 17.0. The smallest absolute Gasteiger partial charge is 0.410 e. The third kappa shape index (κ3) is 4.06. The van der Waals surface area contributed by atoms with E-state index < -0.39 is 5.60 Å². The minimum absolute atomic E-state index is 0.0488. The van der Waals surface area contributed by atoms with Gasteiger partial charge in [-0.15, -0.1) is 11.3 Å². The highest BCUT2D eigenvalue weighted by molar-refractivity contribution is 7.16. The van der Waals surface area contributed by atoms with E-state index in [4.69, 9.17) is 10.3 Å². The van der Waals surface area contributed by atoms with Crippen molar-refractivity contribution in [3.63, 3.8) is 0 Å². The van der Waals surface area contributed by atoms with Crippen LogP contribution in [0.4, 0.5) is 9.80 Å². The van der Waals surface area contributed by atoms with Crippen LogP contribution < -0.4 is 4.90 Å². The molecule has 0 aliphatic carbocycles. The highest BCUT2D eigenvalue weighted by Crippen LogP contribution is 2.41. The molecule has 0 bridgehead atoms. The molecule has 0 saturated carbocycles. The van der Waals surface area contributed by atoms with Crippen molar-refractivity contribution in [3.8, 4) is 6.07 Å². The summed E-state index contributed by atoms with van der Waals surface area (Å²) < 4.78 is 5.45. The lowest BCUT2D eigenvalue weighted by Gasteiger charge is -2.29. The van der Waals surface area contributed by atoms with Crippen LogP contribution in [0.5, 0.6) is 0 Å². The standard InChI is InChI=1S/C18H22N6O3S/c1-18(2,3)27-17(26)23-5-4-12-13(7-19)16(28-14(12)10-23)24-9-11(6-15(24)25)8-21-22-20/h11H,4-6,8-10H2,1-3H3. The number of ether oxygens (including phenoxy) is 1. The molecule has 0 radical (unpaired) electrons. The van der Waals surface area contributed by atoms with Crippen LogP contribution in [-0.4, -0.2) is 42.1 Å². The molecule has 1 unspecified atom stereocenters. The third-order valence-corrected chi connectivity index (χ3v) is 5.89. The molecule has 10 heteroatoms. The molecule has 1 saturated heterocycles. The molecule has 2 aliphatic rings. The van der Waals surface area contributed by atoms with E-state index in [1.165, 1.54) is 11.3 Å². The first-order chi connectivity index (χ1) is 13.2. The van der Waals surface area contributed by atoms with Crippen molar-refractivity contribution in [1.82, 2.24) is 4.90 Å². The Morgan fingerprint density at radius 3 is 2.89 bits per heavy atom. The second-order valence-corrected chi connectivity index (χ2v) is 9.02. The predicted molar refractivity (Wildman–Crippen MR) is 104 cm³/mol. The quantitative estimate of drug-likeness (QED) is 0.435. The van der Waals surface area contributed by atoms with Gasteiger partial charge >= 0.3 is 6.09 Å². The zero-order chi connectivity index (χ0) is 20.5. The monoisotopic (exact) mass is 402 g/mol. The van der Waals surface area contributed by atoms with Gasteiger partial charge in [0.1, 0.15) is 16.7 Å². The number of carbonyl (C=O) groups is 2. The van der Waals surface area contributed by atoms with Crippen LogP contribution >= 0.6 is 11.3 Å². The lowest BCUT2D eigenvalue weighted by atomic mass is 10.0. The van der Waals surface area contributed by atoms with Crippen LogP contribution in [0, 0.1) is 17.2 Å². The van der Waals surface area contributed by atoms with Gasteiger partial charge in [-0.25, -0.2) is 4.79 Å². The van der Waals surface area contributed by atoms with Crippen molar-refractivity contribution in [1.29, 1.82) is 5.26 Å².